The van der Waals surface area contributed by atoms with Crippen molar-refractivity contribution in [2.45, 2.75) is 19.4 Å². The van der Waals surface area contributed by atoms with Gasteiger partial charge in [0.15, 0.2) is 0 Å². The smallest absolute Gasteiger partial charge is 0.239 e. The summed E-state index contributed by atoms with van der Waals surface area (Å²) in [5, 5.41) is 2.88. The van der Waals surface area contributed by atoms with Gasteiger partial charge in [0.25, 0.3) is 0 Å². The number of hydrogen-bond donors (Lipinski definition) is 1. The molecule has 130 valence electrons. The SMILES string of the molecule is CC(NC(=O)C1CCN(c2ccc(Br)cc2F)C1=O)c1ccccc1. The minimum Gasteiger partial charge on any atom is -0.349 e. The fraction of sp³-hybridized carbons (Fsp3) is 0.263. The molecular formula is C19H18BrFN2O2. The van der Waals surface area contributed by atoms with Crippen LogP contribution in [-0.4, -0.2) is 18.4 Å². The van der Waals surface area contributed by atoms with Crippen molar-refractivity contribution in [2.24, 2.45) is 5.92 Å². The second-order valence-corrected chi connectivity index (χ2v) is 6.98. The van der Waals surface area contributed by atoms with E-state index >= 15 is 0 Å². The fourth-order valence-corrected chi connectivity index (χ4v) is 3.33. The summed E-state index contributed by atoms with van der Waals surface area (Å²) in [7, 11) is 0. The fourth-order valence-electron chi connectivity index (χ4n) is 3.00. The van der Waals surface area contributed by atoms with E-state index in [0.717, 1.165) is 5.56 Å². The van der Waals surface area contributed by atoms with Crippen molar-refractivity contribution in [3.8, 4) is 0 Å². The summed E-state index contributed by atoms with van der Waals surface area (Å²) in [5.41, 5.74) is 1.18. The number of benzene rings is 2. The van der Waals surface area contributed by atoms with Crippen molar-refractivity contribution < 1.29 is 14.0 Å². The molecule has 2 aromatic carbocycles. The Morgan fingerprint density at radius 2 is 2.00 bits per heavy atom. The highest BCUT2D eigenvalue weighted by Crippen LogP contribution is 2.29. The maximum atomic E-state index is 14.1. The van der Waals surface area contributed by atoms with Crippen LogP contribution >= 0.6 is 15.9 Å². The number of rotatable bonds is 4. The predicted molar refractivity (Wildman–Crippen MR) is 97.6 cm³/mol. The molecule has 1 aliphatic heterocycles. The van der Waals surface area contributed by atoms with Gasteiger partial charge in [-0.15, -0.1) is 0 Å². The van der Waals surface area contributed by atoms with Gasteiger partial charge >= 0.3 is 0 Å². The van der Waals surface area contributed by atoms with Crippen molar-refractivity contribution >= 4 is 33.4 Å². The van der Waals surface area contributed by atoms with Crippen LogP contribution in [0.3, 0.4) is 0 Å². The van der Waals surface area contributed by atoms with Gasteiger partial charge in [-0.25, -0.2) is 4.39 Å². The maximum absolute atomic E-state index is 14.1. The molecule has 1 fully saturated rings. The van der Waals surface area contributed by atoms with E-state index in [-0.39, 0.29) is 23.5 Å². The Hall–Kier alpha value is -2.21. The zero-order chi connectivity index (χ0) is 18.0. The van der Waals surface area contributed by atoms with Crippen LogP contribution < -0.4 is 10.2 Å². The number of nitrogens with one attached hydrogen (secondary N) is 1. The van der Waals surface area contributed by atoms with Gasteiger partial charge in [0.1, 0.15) is 11.7 Å². The van der Waals surface area contributed by atoms with Gasteiger partial charge in [-0.1, -0.05) is 46.3 Å². The zero-order valence-corrected chi connectivity index (χ0v) is 15.3. The summed E-state index contributed by atoms with van der Waals surface area (Å²) in [6.45, 7) is 2.20. The van der Waals surface area contributed by atoms with Gasteiger partial charge in [-0.3, -0.25) is 9.59 Å². The highest BCUT2D eigenvalue weighted by Gasteiger charge is 2.38. The van der Waals surface area contributed by atoms with E-state index in [1.165, 1.54) is 11.0 Å². The molecule has 2 amide bonds. The third-order valence-corrected chi connectivity index (χ3v) is 4.87. The van der Waals surface area contributed by atoms with Gasteiger partial charge < -0.3 is 10.2 Å². The first-order valence-corrected chi connectivity index (χ1v) is 8.88. The van der Waals surface area contributed by atoms with Gasteiger partial charge in [0.2, 0.25) is 11.8 Å². The Morgan fingerprint density at radius 3 is 2.68 bits per heavy atom. The molecule has 0 bridgehead atoms. The molecule has 1 aliphatic rings. The summed E-state index contributed by atoms with van der Waals surface area (Å²) >= 11 is 3.20. The number of hydrogen-bond acceptors (Lipinski definition) is 2. The van der Waals surface area contributed by atoms with Crippen LogP contribution in [0.1, 0.15) is 24.9 Å². The standard InChI is InChI=1S/C19H18BrFN2O2/c1-12(13-5-3-2-4-6-13)22-18(24)15-9-10-23(19(15)25)17-8-7-14(20)11-16(17)21/h2-8,11-12,15H,9-10H2,1H3,(H,22,24). The topological polar surface area (TPSA) is 49.4 Å². The van der Waals surface area contributed by atoms with Gasteiger partial charge in [-0.2, -0.15) is 0 Å². The Kier molecular flexibility index (Phi) is 5.18. The summed E-state index contributed by atoms with van der Waals surface area (Å²) in [6, 6.07) is 13.9. The lowest BCUT2D eigenvalue weighted by atomic mass is 10.0. The minimum absolute atomic E-state index is 0.194. The first-order valence-electron chi connectivity index (χ1n) is 8.09. The Labute approximate surface area is 154 Å². The molecule has 0 aliphatic carbocycles. The van der Waals surface area contributed by atoms with Gasteiger partial charge in [0, 0.05) is 11.0 Å². The molecule has 0 radical (unpaired) electrons. The summed E-state index contributed by atoms with van der Waals surface area (Å²) in [5.74, 6) is -1.95. The van der Waals surface area contributed by atoms with E-state index in [0.29, 0.717) is 17.4 Å². The molecule has 0 aromatic heterocycles. The van der Waals surface area contributed by atoms with Crippen LogP contribution in [0.4, 0.5) is 10.1 Å². The maximum Gasteiger partial charge on any atom is 0.239 e. The van der Waals surface area contributed by atoms with Crippen molar-refractivity contribution in [3.63, 3.8) is 0 Å². The normalized spacial score (nSPS) is 18.3. The van der Waals surface area contributed by atoms with E-state index in [1.807, 2.05) is 37.3 Å². The lowest BCUT2D eigenvalue weighted by molar-refractivity contribution is -0.132. The van der Waals surface area contributed by atoms with Crippen molar-refractivity contribution in [3.05, 3.63) is 64.4 Å². The van der Waals surface area contributed by atoms with Crippen LogP contribution in [0.2, 0.25) is 0 Å². The number of halogens is 2. The summed E-state index contributed by atoms with van der Waals surface area (Å²) < 4.78 is 14.7. The molecule has 4 nitrogen and oxygen atoms in total. The van der Waals surface area contributed by atoms with Crippen molar-refractivity contribution in [2.75, 3.05) is 11.4 Å². The molecule has 6 heteroatoms. The predicted octanol–water partition coefficient (Wildman–Crippen LogP) is 3.82. The van der Waals surface area contributed by atoms with Gasteiger partial charge in [0.05, 0.1) is 11.7 Å². The van der Waals surface area contributed by atoms with Gasteiger partial charge in [-0.05, 0) is 37.1 Å². The average Bonchev–Trinajstić information content (AvgIpc) is 2.97. The van der Waals surface area contributed by atoms with Crippen LogP contribution in [0, 0.1) is 11.7 Å². The second-order valence-electron chi connectivity index (χ2n) is 6.07. The number of carbonyl (C=O) groups is 2. The lowest BCUT2D eigenvalue weighted by Crippen LogP contribution is -2.38. The molecule has 25 heavy (non-hydrogen) atoms. The van der Waals surface area contributed by atoms with Crippen LogP contribution in [0.5, 0.6) is 0 Å². The Balaban J connectivity index is 1.70. The van der Waals surface area contributed by atoms with Crippen LogP contribution in [-0.2, 0) is 9.59 Å². The molecule has 1 N–H and O–H groups in total. The number of carbonyl (C=O) groups excluding carboxylic acids is 2. The molecule has 3 rings (SSSR count). The number of nitrogens with zero attached hydrogens (tertiary/aromatic N) is 1. The first kappa shape index (κ1) is 17.6. The van der Waals surface area contributed by atoms with E-state index < -0.39 is 11.7 Å². The van der Waals surface area contributed by atoms with E-state index in [9.17, 15) is 14.0 Å². The summed E-state index contributed by atoms with van der Waals surface area (Å²) in [4.78, 5) is 26.4. The highest BCUT2D eigenvalue weighted by molar-refractivity contribution is 9.10. The lowest BCUT2D eigenvalue weighted by Gasteiger charge is -2.19. The molecule has 1 saturated heterocycles. The minimum atomic E-state index is -0.783. The quantitative estimate of drug-likeness (QED) is 0.787. The molecule has 2 unspecified atom stereocenters. The number of anilines is 1. The Morgan fingerprint density at radius 1 is 1.28 bits per heavy atom. The molecule has 2 aromatic rings. The van der Waals surface area contributed by atoms with Crippen LogP contribution in [0.25, 0.3) is 0 Å². The summed E-state index contributed by atoms with van der Waals surface area (Å²) in [6.07, 6.45) is 0.377. The van der Waals surface area contributed by atoms with E-state index in [1.54, 1.807) is 12.1 Å². The highest BCUT2D eigenvalue weighted by atomic mass is 79.9. The molecule has 0 spiro atoms. The number of amides is 2. The molecular weight excluding hydrogens is 387 g/mol. The van der Waals surface area contributed by atoms with Crippen LogP contribution in [0.15, 0.2) is 53.0 Å². The van der Waals surface area contributed by atoms with Crippen molar-refractivity contribution in [1.82, 2.24) is 5.32 Å². The monoisotopic (exact) mass is 404 g/mol. The molecule has 0 saturated carbocycles. The van der Waals surface area contributed by atoms with E-state index in [2.05, 4.69) is 21.2 Å². The zero-order valence-electron chi connectivity index (χ0n) is 13.7. The van der Waals surface area contributed by atoms with E-state index in [4.69, 9.17) is 0 Å². The molecule has 2 atom stereocenters. The second kappa shape index (κ2) is 7.35. The first-order chi connectivity index (χ1) is 12.0. The third-order valence-electron chi connectivity index (χ3n) is 4.38. The molecule has 1 heterocycles. The van der Waals surface area contributed by atoms with Crippen molar-refractivity contribution in [1.29, 1.82) is 0 Å². The Bertz CT molecular complexity index is 797. The largest absolute Gasteiger partial charge is 0.349 e. The average molecular weight is 405 g/mol. The third kappa shape index (κ3) is 3.74.